The van der Waals surface area contributed by atoms with E-state index in [1.54, 1.807) is 7.11 Å². The lowest BCUT2D eigenvalue weighted by molar-refractivity contribution is 0.332. The molecular weight excluding hydrogens is 226 g/mol. The van der Waals surface area contributed by atoms with Gasteiger partial charge in [-0.2, -0.15) is 0 Å². The van der Waals surface area contributed by atoms with Gasteiger partial charge in [0, 0.05) is 25.3 Å². The van der Waals surface area contributed by atoms with Crippen molar-refractivity contribution in [2.45, 2.75) is 12.5 Å². The second-order valence-electron chi connectivity index (χ2n) is 4.90. The Balaban J connectivity index is 2.17. The summed E-state index contributed by atoms with van der Waals surface area (Å²) in [4.78, 5) is 4.78. The van der Waals surface area contributed by atoms with Crippen LogP contribution in [-0.2, 0) is 0 Å². The van der Waals surface area contributed by atoms with Gasteiger partial charge in [-0.1, -0.05) is 0 Å². The molecule has 0 saturated carbocycles. The first kappa shape index (κ1) is 13.2. The van der Waals surface area contributed by atoms with E-state index in [1.165, 1.54) is 12.1 Å². The van der Waals surface area contributed by atoms with E-state index in [0.717, 1.165) is 25.4 Å². The second-order valence-corrected chi connectivity index (χ2v) is 4.90. The molecular formula is C14H23N3O. The Morgan fingerprint density at radius 1 is 1.28 bits per heavy atom. The van der Waals surface area contributed by atoms with Gasteiger partial charge in [0.05, 0.1) is 13.2 Å². The van der Waals surface area contributed by atoms with Crippen molar-refractivity contribution < 1.29 is 4.74 Å². The summed E-state index contributed by atoms with van der Waals surface area (Å²) in [6.07, 6.45) is 1.18. The predicted octanol–water partition coefficient (Wildman–Crippen LogP) is 1.16. The van der Waals surface area contributed by atoms with Gasteiger partial charge in [-0.25, -0.2) is 0 Å². The lowest BCUT2D eigenvalue weighted by atomic mass is 10.2. The van der Waals surface area contributed by atoms with E-state index in [2.05, 4.69) is 29.0 Å². The van der Waals surface area contributed by atoms with Gasteiger partial charge in [0.15, 0.2) is 0 Å². The number of likely N-dealkylation sites (N-methyl/N-ethyl adjacent to an activating group) is 1. The lowest BCUT2D eigenvalue weighted by Crippen LogP contribution is -2.45. The molecule has 0 radical (unpaired) electrons. The number of benzene rings is 1. The highest BCUT2D eigenvalue weighted by Crippen LogP contribution is 2.22. The van der Waals surface area contributed by atoms with Gasteiger partial charge < -0.3 is 20.3 Å². The first-order valence-corrected chi connectivity index (χ1v) is 6.54. The maximum atomic E-state index is 5.93. The molecule has 2 N–H and O–H groups in total. The fourth-order valence-electron chi connectivity index (χ4n) is 2.56. The number of anilines is 1. The summed E-state index contributed by atoms with van der Waals surface area (Å²) in [5.41, 5.74) is 7.16. The maximum Gasteiger partial charge on any atom is 0.119 e. The molecule has 4 nitrogen and oxygen atoms in total. The SMILES string of the molecule is COc1ccc(N2CCCN(C)CC2CN)cc1. The number of rotatable bonds is 3. The molecule has 100 valence electrons. The zero-order valence-corrected chi connectivity index (χ0v) is 11.3. The van der Waals surface area contributed by atoms with Gasteiger partial charge in [0.1, 0.15) is 5.75 Å². The average Bonchev–Trinajstić information content (AvgIpc) is 2.60. The van der Waals surface area contributed by atoms with E-state index in [1.807, 2.05) is 12.1 Å². The summed E-state index contributed by atoms with van der Waals surface area (Å²) in [6.45, 7) is 3.93. The van der Waals surface area contributed by atoms with Gasteiger partial charge in [-0.3, -0.25) is 0 Å². The summed E-state index contributed by atoms with van der Waals surface area (Å²) < 4.78 is 5.20. The number of nitrogens with two attached hydrogens (primary N) is 1. The molecule has 1 atom stereocenters. The van der Waals surface area contributed by atoms with Crippen LogP contribution in [-0.4, -0.2) is 51.3 Å². The van der Waals surface area contributed by atoms with Crippen molar-refractivity contribution in [3.8, 4) is 5.75 Å². The largest absolute Gasteiger partial charge is 0.497 e. The van der Waals surface area contributed by atoms with Crippen molar-refractivity contribution >= 4 is 5.69 Å². The monoisotopic (exact) mass is 249 g/mol. The fraction of sp³-hybridized carbons (Fsp3) is 0.571. The average molecular weight is 249 g/mol. The summed E-state index contributed by atoms with van der Waals surface area (Å²) in [5.74, 6) is 0.898. The molecule has 1 aliphatic rings. The summed E-state index contributed by atoms with van der Waals surface area (Å²) in [6, 6.07) is 8.65. The Hall–Kier alpha value is -1.26. The highest BCUT2D eigenvalue weighted by molar-refractivity contribution is 5.50. The van der Waals surface area contributed by atoms with Crippen LogP contribution in [0.4, 0.5) is 5.69 Å². The number of methoxy groups -OCH3 is 1. The smallest absolute Gasteiger partial charge is 0.119 e. The third-order valence-electron chi connectivity index (χ3n) is 3.58. The highest BCUT2D eigenvalue weighted by atomic mass is 16.5. The minimum Gasteiger partial charge on any atom is -0.497 e. The first-order valence-electron chi connectivity index (χ1n) is 6.54. The molecule has 18 heavy (non-hydrogen) atoms. The second kappa shape index (κ2) is 6.07. The van der Waals surface area contributed by atoms with E-state index in [-0.39, 0.29) is 0 Å². The Bertz CT molecular complexity index is 366. The quantitative estimate of drug-likeness (QED) is 0.873. The Morgan fingerprint density at radius 3 is 2.61 bits per heavy atom. The molecule has 1 unspecified atom stereocenters. The van der Waals surface area contributed by atoms with Crippen molar-refractivity contribution in [1.29, 1.82) is 0 Å². The van der Waals surface area contributed by atoms with Crippen LogP contribution in [0.1, 0.15) is 6.42 Å². The first-order chi connectivity index (χ1) is 8.74. The van der Waals surface area contributed by atoms with Crippen LogP contribution in [0.15, 0.2) is 24.3 Å². The molecule has 1 fully saturated rings. The number of nitrogens with zero attached hydrogens (tertiary/aromatic N) is 2. The highest BCUT2D eigenvalue weighted by Gasteiger charge is 2.22. The molecule has 0 aliphatic carbocycles. The van der Waals surface area contributed by atoms with Crippen molar-refractivity contribution in [2.24, 2.45) is 5.73 Å². The van der Waals surface area contributed by atoms with Crippen LogP contribution >= 0.6 is 0 Å². The molecule has 2 rings (SSSR count). The fourth-order valence-corrected chi connectivity index (χ4v) is 2.56. The van der Waals surface area contributed by atoms with Gasteiger partial charge in [-0.05, 0) is 44.3 Å². The zero-order chi connectivity index (χ0) is 13.0. The van der Waals surface area contributed by atoms with Gasteiger partial charge in [0.25, 0.3) is 0 Å². The number of hydrogen-bond donors (Lipinski definition) is 1. The zero-order valence-electron chi connectivity index (χ0n) is 11.3. The third-order valence-corrected chi connectivity index (χ3v) is 3.58. The van der Waals surface area contributed by atoms with Gasteiger partial charge in [0.2, 0.25) is 0 Å². The summed E-state index contributed by atoms with van der Waals surface area (Å²) in [7, 11) is 3.86. The molecule has 0 bridgehead atoms. The molecule has 1 aromatic rings. The predicted molar refractivity (Wildman–Crippen MR) is 75.3 cm³/mol. The van der Waals surface area contributed by atoms with Crippen LogP contribution in [0.5, 0.6) is 5.75 Å². The van der Waals surface area contributed by atoms with Crippen LogP contribution < -0.4 is 15.4 Å². The van der Waals surface area contributed by atoms with Crippen LogP contribution in [0.3, 0.4) is 0 Å². The van der Waals surface area contributed by atoms with Crippen LogP contribution in [0.25, 0.3) is 0 Å². The van der Waals surface area contributed by atoms with E-state index >= 15 is 0 Å². The standard InChI is InChI=1S/C14H23N3O/c1-16-8-3-9-17(13(10-15)11-16)12-4-6-14(18-2)7-5-12/h4-7,13H,3,8-11,15H2,1-2H3. The Kier molecular flexibility index (Phi) is 4.44. The van der Waals surface area contributed by atoms with Gasteiger partial charge in [-0.15, -0.1) is 0 Å². The molecule has 0 spiro atoms. The van der Waals surface area contributed by atoms with Crippen LogP contribution in [0, 0.1) is 0 Å². The van der Waals surface area contributed by atoms with Crippen molar-refractivity contribution in [1.82, 2.24) is 4.90 Å². The minimum atomic E-state index is 0.394. The molecule has 1 aliphatic heterocycles. The Morgan fingerprint density at radius 2 is 2.00 bits per heavy atom. The van der Waals surface area contributed by atoms with Crippen LogP contribution in [0.2, 0.25) is 0 Å². The molecule has 4 heteroatoms. The maximum absolute atomic E-state index is 5.93. The van der Waals surface area contributed by atoms with Crippen molar-refractivity contribution in [2.75, 3.05) is 45.2 Å². The molecule has 0 amide bonds. The Labute approximate surface area is 109 Å². The van der Waals surface area contributed by atoms with E-state index in [4.69, 9.17) is 10.5 Å². The minimum absolute atomic E-state index is 0.394. The number of ether oxygens (including phenoxy) is 1. The van der Waals surface area contributed by atoms with E-state index in [9.17, 15) is 0 Å². The summed E-state index contributed by atoms with van der Waals surface area (Å²) in [5, 5.41) is 0. The van der Waals surface area contributed by atoms with E-state index in [0.29, 0.717) is 12.6 Å². The molecule has 1 saturated heterocycles. The molecule has 1 heterocycles. The third kappa shape index (κ3) is 2.94. The number of hydrogen-bond acceptors (Lipinski definition) is 4. The molecule has 1 aromatic carbocycles. The summed E-state index contributed by atoms with van der Waals surface area (Å²) >= 11 is 0. The van der Waals surface area contributed by atoms with E-state index < -0.39 is 0 Å². The normalized spacial score (nSPS) is 21.7. The molecule has 0 aromatic heterocycles. The topological polar surface area (TPSA) is 41.7 Å². The van der Waals surface area contributed by atoms with Crippen molar-refractivity contribution in [3.05, 3.63) is 24.3 Å². The van der Waals surface area contributed by atoms with Crippen molar-refractivity contribution in [3.63, 3.8) is 0 Å². The lowest BCUT2D eigenvalue weighted by Gasteiger charge is -2.32. The van der Waals surface area contributed by atoms with Gasteiger partial charge >= 0.3 is 0 Å².